The molecule has 0 saturated carbocycles. The normalized spacial score (nSPS) is 17.1. The van der Waals surface area contributed by atoms with E-state index in [1.54, 1.807) is 6.33 Å². The van der Waals surface area contributed by atoms with Gasteiger partial charge in [0, 0.05) is 75.4 Å². The molecule has 4 aliphatic heterocycles. The Balaban J connectivity index is 0.000000163. The maximum Gasteiger partial charge on any atom is 0.211 e. The zero-order valence-electron chi connectivity index (χ0n) is 32.3. The fourth-order valence-electron chi connectivity index (χ4n) is 8.31. The summed E-state index contributed by atoms with van der Waals surface area (Å²) in [6.07, 6.45) is 13.9. The summed E-state index contributed by atoms with van der Waals surface area (Å²) in [6, 6.07) is 3.93. The zero-order valence-corrected chi connectivity index (χ0v) is 33.1. The maximum atomic E-state index is 12.8. The van der Waals surface area contributed by atoms with Crippen LogP contribution in [-0.4, -0.2) is 110 Å². The Morgan fingerprint density at radius 3 is 1.69 bits per heavy atom. The Kier molecular flexibility index (Phi) is 11.6. The van der Waals surface area contributed by atoms with E-state index in [4.69, 9.17) is 9.05 Å². The largest absolute Gasteiger partial charge is 0.360 e. The standard InChI is InChI=1S/C20H24N6O4S.C19H22N6O2.CH4/c1-31(28,29)26-9-13(10-26)3-2-4-16(27)18-15-11-25(8-6-17(15)30-24-18)20-14-5-7-21-19(14)22-12-23-20;26-15(3-1-2-12-8-20-9-12)17-14-10-25(7-5-16(14)27-24-17)19-13-4-6-21-18(13)22-11-23-19;/h5,7,12-13H,2-4,6,8-11H2,1H3,(H,21,22,23);4,6,11-12,20H,1-3,5,7-10H2,(H,21,22,23);1H4. The first-order valence-corrected chi connectivity index (χ1v) is 21.8. The molecule has 0 spiro atoms. The number of aromatic amines is 2. The molecule has 3 N–H and O–H groups in total. The van der Waals surface area contributed by atoms with E-state index in [1.807, 2.05) is 24.5 Å². The minimum Gasteiger partial charge on any atom is -0.360 e. The first kappa shape index (κ1) is 40.3. The molecule has 0 radical (unpaired) electrons. The van der Waals surface area contributed by atoms with Crippen LogP contribution < -0.4 is 15.1 Å². The van der Waals surface area contributed by atoms with Crippen LogP contribution >= 0.6 is 0 Å². The van der Waals surface area contributed by atoms with Crippen molar-refractivity contribution in [2.45, 2.75) is 71.9 Å². The van der Waals surface area contributed by atoms with Crippen molar-refractivity contribution in [2.24, 2.45) is 11.8 Å². The summed E-state index contributed by atoms with van der Waals surface area (Å²) in [5, 5.41) is 13.4. The lowest BCUT2D eigenvalue weighted by Crippen LogP contribution is -2.49. The number of nitrogens with one attached hydrogen (secondary N) is 3. The lowest BCUT2D eigenvalue weighted by molar-refractivity contribution is 0.0956. The molecular formula is C40H50N12O6S. The van der Waals surface area contributed by atoms with Gasteiger partial charge in [-0.15, -0.1) is 0 Å². The van der Waals surface area contributed by atoms with Crippen LogP contribution in [0.2, 0.25) is 0 Å². The van der Waals surface area contributed by atoms with E-state index < -0.39 is 10.0 Å². The SMILES string of the molecule is C.CS(=O)(=O)N1CC(CCCC(=O)c2noc3c2CN(c2ncnc4[nH]ccc24)CC3)C1.O=C(CCCC1CNC1)c1noc2c1CN(c1ncnc3[nH]ccc13)CC2. The fraction of sp³-hybridized carbons (Fsp3) is 0.500. The Morgan fingerprint density at radius 1 is 0.746 bits per heavy atom. The van der Waals surface area contributed by atoms with Crippen LogP contribution in [-0.2, 0) is 36.0 Å². The highest BCUT2D eigenvalue weighted by Gasteiger charge is 2.34. The number of ketones is 2. The predicted octanol–water partition coefficient (Wildman–Crippen LogP) is 4.47. The van der Waals surface area contributed by atoms with E-state index in [-0.39, 0.29) is 19.0 Å². The van der Waals surface area contributed by atoms with Crippen molar-refractivity contribution in [3.05, 3.63) is 71.2 Å². The van der Waals surface area contributed by atoms with Crippen molar-refractivity contribution in [2.75, 3.05) is 55.3 Å². The Labute approximate surface area is 341 Å². The molecular weight excluding hydrogens is 777 g/mol. The molecule has 0 amide bonds. The third-order valence-corrected chi connectivity index (χ3v) is 13.0. The van der Waals surface area contributed by atoms with Gasteiger partial charge in [-0.05, 0) is 62.7 Å². The van der Waals surface area contributed by atoms with Gasteiger partial charge in [0.25, 0.3) is 0 Å². The average molecular weight is 827 g/mol. The van der Waals surface area contributed by atoms with Crippen molar-refractivity contribution in [3.63, 3.8) is 0 Å². The summed E-state index contributed by atoms with van der Waals surface area (Å²) in [6.45, 7) is 5.87. The van der Waals surface area contributed by atoms with Gasteiger partial charge in [-0.2, -0.15) is 0 Å². The van der Waals surface area contributed by atoms with Gasteiger partial charge in [-0.25, -0.2) is 32.7 Å². The summed E-state index contributed by atoms with van der Waals surface area (Å²) in [7, 11) is -3.10. The molecule has 0 atom stereocenters. The molecule has 59 heavy (non-hydrogen) atoms. The smallest absolute Gasteiger partial charge is 0.211 e. The second-order valence-electron chi connectivity index (χ2n) is 15.7. The molecule has 0 aromatic carbocycles. The molecule has 0 unspecified atom stereocenters. The van der Waals surface area contributed by atoms with Crippen molar-refractivity contribution in [1.82, 2.24) is 49.8 Å². The summed E-state index contributed by atoms with van der Waals surface area (Å²) in [5.41, 5.74) is 4.26. The number of carbonyl (C=O) groups is 2. The maximum absolute atomic E-state index is 12.8. The molecule has 6 aromatic rings. The van der Waals surface area contributed by atoms with E-state index in [1.165, 1.54) is 16.9 Å². The molecule has 10 rings (SSSR count). The first-order valence-electron chi connectivity index (χ1n) is 19.9. The van der Waals surface area contributed by atoms with Crippen molar-refractivity contribution < 1.29 is 27.1 Å². The van der Waals surface area contributed by atoms with Crippen LogP contribution in [0.25, 0.3) is 22.1 Å². The lowest BCUT2D eigenvalue weighted by atomic mass is 9.94. The second kappa shape index (κ2) is 17.0. The topological polar surface area (TPSA) is 225 Å². The molecule has 4 aliphatic rings. The van der Waals surface area contributed by atoms with Gasteiger partial charge < -0.3 is 34.1 Å². The number of hydrogen-bond acceptors (Lipinski definition) is 15. The number of carbonyl (C=O) groups excluding carboxylic acids is 2. The summed E-state index contributed by atoms with van der Waals surface area (Å²) in [5.74, 6) is 4.41. The monoisotopic (exact) mass is 826 g/mol. The van der Waals surface area contributed by atoms with Gasteiger partial charge in [0.15, 0.2) is 23.0 Å². The van der Waals surface area contributed by atoms with Gasteiger partial charge in [-0.1, -0.05) is 17.7 Å². The number of hydrogen-bond donors (Lipinski definition) is 3. The van der Waals surface area contributed by atoms with Crippen LogP contribution in [0.3, 0.4) is 0 Å². The van der Waals surface area contributed by atoms with Crippen molar-refractivity contribution in [1.29, 1.82) is 0 Å². The van der Waals surface area contributed by atoms with Crippen LogP contribution in [0, 0.1) is 11.8 Å². The Hall–Kier alpha value is -5.53. The molecule has 0 aliphatic carbocycles. The van der Waals surface area contributed by atoms with E-state index in [9.17, 15) is 18.0 Å². The van der Waals surface area contributed by atoms with E-state index >= 15 is 0 Å². The molecule has 19 heteroatoms. The van der Waals surface area contributed by atoms with Gasteiger partial charge >= 0.3 is 0 Å². The highest BCUT2D eigenvalue weighted by atomic mass is 32.2. The molecule has 6 aromatic heterocycles. The van der Waals surface area contributed by atoms with Crippen LogP contribution in [0.15, 0.2) is 46.2 Å². The summed E-state index contributed by atoms with van der Waals surface area (Å²) < 4.78 is 35.3. The highest BCUT2D eigenvalue weighted by Crippen LogP contribution is 2.32. The third-order valence-electron chi connectivity index (χ3n) is 11.7. The minimum absolute atomic E-state index is 0. The number of anilines is 2. The van der Waals surface area contributed by atoms with E-state index in [2.05, 4.69) is 55.3 Å². The summed E-state index contributed by atoms with van der Waals surface area (Å²) >= 11 is 0. The first-order chi connectivity index (χ1) is 28.2. The fourth-order valence-corrected chi connectivity index (χ4v) is 9.27. The third kappa shape index (κ3) is 8.36. The molecule has 2 fully saturated rings. The predicted molar refractivity (Wildman–Crippen MR) is 220 cm³/mol. The van der Waals surface area contributed by atoms with E-state index in [0.29, 0.717) is 69.2 Å². The van der Waals surface area contributed by atoms with E-state index in [0.717, 1.165) is 114 Å². The van der Waals surface area contributed by atoms with Crippen LogP contribution in [0.5, 0.6) is 0 Å². The van der Waals surface area contributed by atoms with Crippen molar-refractivity contribution in [3.8, 4) is 0 Å². The molecule has 2 saturated heterocycles. The van der Waals surface area contributed by atoms with Crippen molar-refractivity contribution >= 4 is 55.3 Å². The van der Waals surface area contributed by atoms with Crippen LogP contribution in [0.4, 0.5) is 11.6 Å². The highest BCUT2D eigenvalue weighted by molar-refractivity contribution is 7.88. The second-order valence-corrected chi connectivity index (χ2v) is 17.7. The number of rotatable bonds is 13. The molecule has 10 heterocycles. The Morgan fingerprint density at radius 2 is 1.24 bits per heavy atom. The quantitative estimate of drug-likeness (QED) is 0.137. The number of sulfonamides is 1. The molecule has 312 valence electrons. The van der Waals surface area contributed by atoms with Gasteiger partial charge in [0.1, 0.15) is 47.1 Å². The number of Topliss-reactive ketones (excluding diaryl/α,β-unsaturated/α-hetero) is 2. The van der Waals surface area contributed by atoms with Crippen LogP contribution in [0.1, 0.15) is 89.6 Å². The van der Waals surface area contributed by atoms with Gasteiger partial charge in [0.05, 0.1) is 30.1 Å². The summed E-state index contributed by atoms with van der Waals surface area (Å²) in [4.78, 5) is 53.5. The number of fused-ring (bicyclic) bond motifs is 4. The van der Waals surface area contributed by atoms with Gasteiger partial charge in [-0.3, -0.25) is 9.59 Å². The average Bonchev–Trinajstić information content (AvgIpc) is 4.01. The number of H-pyrrole nitrogens is 2. The minimum atomic E-state index is -3.10. The molecule has 0 bridgehead atoms. The zero-order chi connectivity index (χ0) is 39.8. The number of nitrogens with zero attached hydrogens (tertiary/aromatic N) is 9. The number of aromatic nitrogens is 8. The Bertz CT molecular complexity index is 2550. The molecule has 18 nitrogen and oxygen atoms in total. The van der Waals surface area contributed by atoms with Gasteiger partial charge in [0.2, 0.25) is 10.0 Å². The lowest BCUT2D eigenvalue weighted by Gasteiger charge is -2.37.